The number of imidazole rings is 1. The molecule has 3 heterocycles. The van der Waals surface area contributed by atoms with Crippen molar-refractivity contribution in [3.63, 3.8) is 0 Å². The van der Waals surface area contributed by atoms with Crippen LogP contribution in [0, 0.1) is 0 Å². The smallest absolute Gasteiger partial charge is 0.109 e. The molecule has 0 unspecified atom stereocenters. The Balaban J connectivity index is 1.59. The molecule has 0 bridgehead atoms. The monoisotopic (exact) mass is 371 g/mol. The van der Waals surface area contributed by atoms with Gasteiger partial charge in [0.1, 0.15) is 5.82 Å². The fourth-order valence-electron chi connectivity index (χ4n) is 5.57. The summed E-state index contributed by atoms with van der Waals surface area (Å²) in [5, 5.41) is 0. The lowest BCUT2D eigenvalue weighted by molar-refractivity contribution is 0.185. The highest BCUT2D eigenvalue weighted by atomic mass is 15.2. The molecule has 0 aliphatic carbocycles. The van der Waals surface area contributed by atoms with Crippen LogP contribution in [0.4, 0.5) is 0 Å². The van der Waals surface area contributed by atoms with E-state index in [2.05, 4.69) is 83.3 Å². The number of rotatable bonds is 4. The third-order valence-corrected chi connectivity index (χ3v) is 6.94. The Bertz CT molecular complexity index is 931. The van der Waals surface area contributed by atoms with Gasteiger partial charge in [-0.1, -0.05) is 67.6 Å². The van der Waals surface area contributed by atoms with Gasteiger partial charge in [0.15, 0.2) is 0 Å². The maximum atomic E-state index is 4.86. The van der Waals surface area contributed by atoms with E-state index in [0.29, 0.717) is 6.04 Å². The van der Waals surface area contributed by atoms with Gasteiger partial charge in [-0.25, -0.2) is 4.98 Å². The summed E-state index contributed by atoms with van der Waals surface area (Å²) < 4.78 is 2.51. The molecular weight excluding hydrogens is 342 g/mol. The van der Waals surface area contributed by atoms with E-state index in [1.165, 1.54) is 55.0 Å². The molecule has 0 amide bonds. The molecular formula is C25H29N3. The van der Waals surface area contributed by atoms with Crippen molar-refractivity contribution in [1.82, 2.24) is 14.5 Å². The zero-order valence-corrected chi connectivity index (χ0v) is 16.7. The second-order valence-corrected chi connectivity index (χ2v) is 8.36. The second kappa shape index (κ2) is 7.21. The molecule has 1 saturated heterocycles. The first kappa shape index (κ1) is 17.7. The number of fused-ring (bicyclic) bond motifs is 2. The average molecular weight is 372 g/mol. The van der Waals surface area contributed by atoms with E-state index in [1.807, 2.05) is 0 Å². The molecule has 5 rings (SSSR count). The van der Waals surface area contributed by atoms with Gasteiger partial charge in [-0.15, -0.1) is 0 Å². The van der Waals surface area contributed by atoms with Crippen molar-refractivity contribution in [1.29, 1.82) is 0 Å². The number of aromatic nitrogens is 2. The summed E-state index contributed by atoms with van der Waals surface area (Å²) in [5.41, 5.74) is 4.30. The van der Waals surface area contributed by atoms with Gasteiger partial charge in [-0.2, -0.15) is 0 Å². The molecule has 3 nitrogen and oxygen atoms in total. The van der Waals surface area contributed by atoms with Crippen LogP contribution in [0.15, 0.2) is 66.9 Å². The summed E-state index contributed by atoms with van der Waals surface area (Å²) in [6.45, 7) is 5.73. The van der Waals surface area contributed by atoms with Crippen molar-refractivity contribution in [2.75, 3.05) is 13.1 Å². The molecule has 2 aliphatic rings. The van der Waals surface area contributed by atoms with Crippen molar-refractivity contribution in [3.05, 3.63) is 78.2 Å². The summed E-state index contributed by atoms with van der Waals surface area (Å²) in [6.07, 6.45) is 6.79. The van der Waals surface area contributed by atoms with Gasteiger partial charge in [-0.3, -0.25) is 4.90 Å². The third kappa shape index (κ3) is 2.80. The molecule has 0 radical (unpaired) electrons. The van der Waals surface area contributed by atoms with Gasteiger partial charge in [0.05, 0.1) is 11.9 Å². The van der Waals surface area contributed by atoms with Crippen LogP contribution >= 0.6 is 0 Å². The van der Waals surface area contributed by atoms with Crippen molar-refractivity contribution in [2.24, 2.45) is 0 Å². The molecule has 1 fully saturated rings. The topological polar surface area (TPSA) is 21.1 Å². The van der Waals surface area contributed by atoms with E-state index < -0.39 is 0 Å². The predicted octanol–water partition coefficient (Wildman–Crippen LogP) is 4.92. The van der Waals surface area contributed by atoms with Gasteiger partial charge in [0.2, 0.25) is 0 Å². The van der Waals surface area contributed by atoms with E-state index in [-0.39, 0.29) is 5.41 Å². The Labute approximate surface area is 168 Å². The van der Waals surface area contributed by atoms with Gasteiger partial charge in [0.25, 0.3) is 0 Å². The Morgan fingerprint density at radius 1 is 1.00 bits per heavy atom. The quantitative estimate of drug-likeness (QED) is 0.649. The molecule has 144 valence electrons. The summed E-state index contributed by atoms with van der Waals surface area (Å²) in [5.74, 6) is 1.25. The molecule has 0 spiro atoms. The van der Waals surface area contributed by atoms with Crippen LogP contribution in [0.25, 0.3) is 11.3 Å². The zero-order valence-electron chi connectivity index (χ0n) is 16.7. The SMILES string of the molecule is CCCN1CC[C@]2(c3ccccc3)CCc3ncc(-c4ccccc4)n3C[C@@H]12. The number of aryl methyl sites for hydroxylation is 1. The minimum atomic E-state index is 0.241. The fraction of sp³-hybridized carbons (Fsp3) is 0.400. The first-order chi connectivity index (χ1) is 13.8. The summed E-state index contributed by atoms with van der Waals surface area (Å²) in [4.78, 5) is 7.61. The predicted molar refractivity (Wildman–Crippen MR) is 114 cm³/mol. The van der Waals surface area contributed by atoms with Crippen LogP contribution in [0.3, 0.4) is 0 Å². The highest BCUT2D eigenvalue weighted by Crippen LogP contribution is 2.46. The largest absolute Gasteiger partial charge is 0.326 e. The molecule has 3 aromatic rings. The Kier molecular flexibility index (Phi) is 4.56. The molecule has 0 saturated carbocycles. The number of benzene rings is 2. The lowest BCUT2D eigenvalue weighted by Gasteiger charge is -2.38. The number of hydrogen-bond acceptors (Lipinski definition) is 2. The van der Waals surface area contributed by atoms with E-state index >= 15 is 0 Å². The lowest BCUT2D eigenvalue weighted by Crippen LogP contribution is -2.45. The Morgan fingerprint density at radius 2 is 1.75 bits per heavy atom. The molecule has 2 atom stereocenters. The van der Waals surface area contributed by atoms with E-state index in [1.54, 1.807) is 0 Å². The summed E-state index contributed by atoms with van der Waals surface area (Å²) in [7, 11) is 0. The van der Waals surface area contributed by atoms with Gasteiger partial charge >= 0.3 is 0 Å². The molecule has 3 heteroatoms. The average Bonchev–Trinajstić information content (AvgIpc) is 3.27. The first-order valence-corrected chi connectivity index (χ1v) is 10.7. The molecule has 2 aromatic carbocycles. The van der Waals surface area contributed by atoms with Gasteiger partial charge < -0.3 is 4.57 Å². The third-order valence-electron chi connectivity index (χ3n) is 6.94. The summed E-state index contributed by atoms with van der Waals surface area (Å²) >= 11 is 0. The standard InChI is InChI=1S/C25H29N3/c1-2-16-27-17-15-25(21-11-7-4-8-12-21)14-13-24-26-18-22(28(24)19-23(25)27)20-9-5-3-6-10-20/h3-12,18,23H,2,13-17,19H2,1H3/t23-,25+/m1/s1. The molecule has 28 heavy (non-hydrogen) atoms. The minimum Gasteiger partial charge on any atom is -0.326 e. The molecule has 2 aliphatic heterocycles. The van der Waals surface area contributed by atoms with E-state index in [0.717, 1.165) is 13.0 Å². The van der Waals surface area contributed by atoms with Crippen molar-refractivity contribution < 1.29 is 0 Å². The van der Waals surface area contributed by atoms with Crippen molar-refractivity contribution in [2.45, 2.75) is 50.6 Å². The van der Waals surface area contributed by atoms with Crippen LogP contribution in [0.2, 0.25) is 0 Å². The van der Waals surface area contributed by atoms with Crippen LogP contribution < -0.4 is 0 Å². The van der Waals surface area contributed by atoms with E-state index in [9.17, 15) is 0 Å². The van der Waals surface area contributed by atoms with Crippen LogP contribution in [0.1, 0.15) is 37.6 Å². The molecule has 1 aromatic heterocycles. The van der Waals surface area contributed by atoms with Crippen LogP contribution in [-0.2, 0) is 18.4 Å². The second-order valence-electron chi connectivity index (χ2n) is 8.36. The van der Waals surface area contributed by atoms with E-state index in [4.69, 9.17) is 4.98 Å². The van der Waals surface area contributed by atoms with Crippen LogP contribution in [0.5, 0.6) is 0 Å². The van der Waals surface area contributed by atoms with Crippen molar-refractivity contribution in [3.8, 4) is 11.3 Å². The first-order valence-electron chi connectivity index (χ1n) is 10.7. The van der Waals surface area contributed by atoms with Crippen LogP contribution in [-0.4, -0.2) is 33.6 Å². The van der Waals surface area contributed by atoms with Gasteiger partial charge in [0, 0.05) is 24.4 Å². The minimum absolute atomic E-state index is 0.241. The number of likely N-dealkylation sites (tertiary alicyclic amines) is 1. The fourth-order valence-corrected chi connectivity index (χ4v) is 5.57. The maximum Gasteiger partial charge on any atom is 0.109 e. The highest BCUT2D eigenvalue weighted by Gasteiger charge is 2.49. The lowest BCUT2D eigenvalue weighted by atomic mass is 9.71. The van der Waals surface area contributed by atoms with Crippen molar-refractivity contribution >= 4 is 0 Å². The zero-order chi connectivity index (χ0) is 19.0. The maximum absolute atomic E-state index is 4.86. The highest BCUT2D eigenvalue weighted by molar-refractivity contribution is 5.59. The summed E-state index contributed by atoms with van der Waals surface area (Å²) in [6, 6.07) is 22.6. The normalized spacial score (nSPS) is 24.5. The Morgan fingerprint density at radius 3 is 2.50 bits per heavy atom. The number of nitrogens with zero attached hydrogens (tertiary/aromatic N) is 3. The molecule has 0 N–H and O–H groups in total. The number of hydrogen-bond donors (Lipinski definition) is 0. The Hall–Kier alpha value is -2.39. The van der Waals surface area contributed by atoms with Gasteiger partial charge in [-0.05, 0) is 43.5 Å².